The van der Waals surface area contributed by atoms with Gasteiger partial charge in [-0.15, -0.1) is 0 Å². The molecular weight excluding hydrogens is 383 g/mol. The van der Waals surface area contributed by atoms with E-state index in [1.807, 2.05) is 0 Å². The average Bonchev–Trinajstić information content (AvgIpc) is 2.53. The van der Waals surface area contributed by atoms with Crippen molar-refractivity contribution < 1.29 is 36.2 Å². The van der Waals surface area contributed by atoms with Crippen LogP contribution in [-0.2, 0) is 0 Å². The molecule has 0 unspecified atom stereocenters. The second kappa shape index (κ2) is 9.41. The molecule has 0 atom stereocenters. The van der Waals surface area contributed by atoms with Crippen LogP contribution in [0.2, 0.25) is 0 Å². The van der Waals surface area contributed by atoms with E-state index in [0.717, 1.165) is 6.07 Å². The van der Waals surface area contributed by atoms with Gasteiger partial charge in [-0.05, 0) is 12.5 Å². The average molecular weight is 396 g/mol. The summed E-state index contributed by atoms with van der Waals surface area (Å²) in [4.78, 5) is 7.63. The highest BCUT2D eigenvalue weighted by Crippen LogP contribution is 2.30. The number of halogens is 5. The predicted molar refractivity (Wildman–Crippen MR) is 83.8 cm³/mol. The highest BCUT2D eigenvalue weighted by molar-refractivity contribution is 8.00. The van der Waals surface area contributed by atoms with Gasteiger partial charge in [0, 0.05) is 30.1 Å². The molecule has 0 saturated heterocycles. The molecule has 0 aliphatic heterocycles. The molecule has 0 aromatic carbocycles. The highest BCUT2D eigenvalue weighted by Gasteiger charge is 2.27. The van der Waals surface area contributed by atoms with E-state index in [1.54, 1.807) is 6.07 Å². The number of hydrogen-bond acceptors (Lipinski definition) is 6. The molecule has 0 saturated carbocycles. The Morgan fingerprint density at radius 1 is 1.08 bits per heavy atom. The van der Waals surface area contributed by atoms with Gasteiger partial charge in [-0.3, -0.25) is 0 Å². The normalized spacial score (nSPS) is 11.5. The molecule has 0 spiro atoms. The van der Waals surface area contributed by atoms with Crippen molar-refractivity contribution in [2.45, 2.75) is 18.5 Å². The Hall–Kier alpha value is -2.30. The van der Waals surface area contributed by atoms with E-state index in [2.05, 4.69) is 14.7 Å². The van der Waals surface area contributed by atoms with Crippen molar-refractivity contribution in [3.05, 3.63) is 36.5 Å². The monoisotopic (exact) mass is 396 g/mol. The van der Waals surface area contributed by atoms with Crippen molar-refractivity contribution in [3.63, 3.8) is 0 Å². The Kier molecular flexibility index (Phi) is 7.25. The Labute approximate surface area is 149 Å². The van der Waals surface area contributed by atoms with E-state index in [9.17, 15) is 22.0 Å². The fourth-order valence-corrected chi connectivity index (χ4v) is 2.18. The Balaban J connectivity index is 1.87. The highest BCUT2D eigenvalue weighted by atomic mass is 32.2. The van der Waals surface area contributed by atoms with Crippen molar-refractivity contribution in [2.75, 3.05) is 12.4 Å². The van der Waals surface area contributed by atoms with E-state index in [-0.39, 0.29) is 53.9 Å². The second-order valence-corrected chi connectivity index (χ2v) is 5.78. The lowest BCUT2D eigenvalue weighted by atomic mass is 10.4. The molecule has 2 aromatic heterocycles. The van der Waals surface area contributed by atoms with Crippen LogP contribution in [0.5, 0.6) is 23.4 Å². The third-order valence-corrected chi connectivity index (χ3v) is 3.46. The van der Waals surface area contributed by atoms with Gasteiger partial charge < -0.3 is 14.2 Å². The van der Waals surface area contributed by atoms with Crippen LogP contribution in [0, 0.1) is 0 Å². The van der Waals surface area contributed by atoms with Gasteiger partial charge in [-0.25, -0.2) is 4.98 Å². The lowest BCUT2D eigenvalue weighted by molar-refractivity contribution is -0.0529. The van der Waals surface area contributed by atoms with Crippen molar-refractivity contribution in [2.24, 2.45) is 0 Å². The molecule has 0 fully saturated rings. The lowest BCUT2D eigenvalue weighted by Gasteiger charge is -2.09. The first-order chi connectivity index (χ1) is 12.3. The van der Waals surface area contributed by atoms with Gasteiger partial charge >= 0.3 is 12.1 Å². The van der Waals surface area contributed by atoms with Crippen molar-refractivity contribution in [1.82, 2.24) is 9.97 Å². The van der Waals surface area contributed by atoms with Crippen molar-refractivity contribution in [3.8, 4) is 23.4 Å². The van der Waals surface area contributed by atoms with Gasteiger partial charge in [0.2, 0.25) is 17.6 Å². The minimum absolute atomic E-state index is 0.0567. The van der Waals surface area contributed by atoms with Crippen LogP contribution in [0.25, 0.3) is 0 Å². The quantitative estimate of drug-likeness (QED) is 0.444. The lowest BCUT2D eigenvalue weighted by Crippen LogP contribution is -2.05. The van der Waals surface area contributed by atoms with Crippen LogP contribution in [0.3, 0.4) is 0 Å². The number of pyridine rings is 2. The summed E-state index contributed by atoms with van der Waals surface area (Å²) in [5.74, 6) is 0.0109. The number of hydrogen-bond donors (Lipinski definition) is 0. The van der Waals surface area contributed by atoms with Gasteiger partial charge in [-0.1, -0.05) is 17.8 Å². The van der Waals surface area contributed by atoms with E-state index >= 15 is 0 Å². The molecule has 0 aliphatic carbocycles. The maximum Gasteiger partial charge on any atom is 0.441 e. The number of aromatic nitrogens is 2. The maximum atomic E-state index is 12.2. The second-order valence-electron chi connectivity index (χ2n) is 4.62. The predicted octanol–water partition coefficient (Wildman–Crippen LogP) is 4.89. The minimum Gasteiger partial charge on any atom is -0.478 e. The topological polar surface area (TPSA) is 53.5 Å². The smallest absolute Gasteiger partial charge is 0.441 e. The standard InChI is InChI=1S/C15H13F5N2O3S/c16-14(17)25-13-9-10(5-6-21-13)24-12-4-1-3-11(22-12)23-7-2-8-26-15(18,19)20/h1,3-6,9,14H,2,7-8H2. The van der Waals surface area contributed by atoms with Gasteiger partial charge in [0.05, 0.1) is 6.61 Å². The molecule has 2 rings (SSSR count). The molecule has 26 heavy (non-hydrogen) atoms. The number of rotatable bonds is 9. The summed E-state index contributed by atoms with van der Waals surface area (Å²) in [6.07, 6.45) is 1.42. The number of ether oxygens (including phenoxy) is 3. The summed E-state index contributed by atoms with van der Waals surface area (Å²) in [6, 6.07) is 7.17. The molecule has 0 N–H and O–H groups in total. The fraction of sp³-hybridized carbons (Fsp3) is 0.333. The summed E-state index contributed by atoms with van der Waals surface area (Å²) in [7, 11) is 0. The molecule has 2 aromatic rings. The first-order valence-electron chi connectivity index (χ1n) is 7.21. The van der Waals surface area contributed by atoms with Crippen molar-refractivity contribution in [1.29, 1.82) is 0 Å². The zero-order valence-corrected chi connectivity index (χ0v) is 13.9. The molecule has 2 heterocycles. The van der Waals surface area contributed by atoms with E-state index < -0.39 is 12.1 Å². The molecule has 5 nitrogen and oxygen atoms in total. The summed E-state index contributed by atoms with van der Waals surface area (Å²) in [5, 5.41) is 0. The molecular formula is C15H13F5N2O3S. The van der Waals surface area contributed by atoms with Crippen molar-refractivity contribution >= 4 is 11.8 Å². The molecule has 11 heteroatoms. The first-order valence-corrected chi connectivity index (χ1v) is 8.20. The maximum absolute atomic E-state index is 12.2. The molecule has 142 valence electrons. The van der Waals surface area contributed by atoms with E-state index in [1.165, 1.54) is 24.4 Å². The molecule has 0 amide bonds. The SMILES string of the molecule is FC(F)Oc1cc(Oc2cccc(OCCCSC(F)(F)F)n2)ccn1. The molecule has 0 radical (unpaired) electrons. The minimum atomic E-state index is -4.26. The largest absolute Gasteiger partial charge is 0.478 e. The van der Waals surface area contributed by atoms with Crippen LogP contribution in [0.15, 0.2) is 36.5 Å². The first kappa shape index (κ1) is 20.0. The number of nitrogens with zero attached hydrogens (tertiary/aromatic N) is 2. The van der Waals surface area contributed by atoms with Gasteiger partial charge in [0.25, 0.3) is 0 Å². The third kappa shape index (κ3) is 7.72. The van der Waals surface area contributed by atoms with E-state index in [4.69, 9.17) is 9.47 Å². The van der Waals surface area contributed by atoms with E-state index in [0.29, 0.717) is 0 Å². The zero-order valence-electron chi connectivity index (χ0n) is 13.1. The summed E-state index contributed by atoms with van der Waals surface area (Å²) >= 11 is -0.117. The van der Waals surface area contributed by atoms with Crippen LogP contribution in [-0.4, -0.2) is 34.4 Å². The Morgan fingerprint density at radius 2 is 1.85 bits per heavy atom. The fourth-order valence-electron chi connectivity index (χ4n) is 1.69. The van der Waals surface area contributed by atoms with Gasteiger partial charge in [0.1, 0.15) is 5.75 Å². The molecule has 0 bridgehead atoms. The molecule has 0 aliphatic rings. The summed E-state index contributed by atoms with van der Waals surface area (Å²) < 4.78 is 75.2. The number of thioether (sulfide) groups is 1. The Bertz CT molecular complexity index is 703. The zero-order chi connectivity index (χ0) is 19.0. The van der Waals surface area contributed by atoms with Gasteiger partial charge in [0.15, 0.2) is 0 Å². The van der Waals surface area contributed by atoms with Crippen LogP contribution in [0.1, 0.15) is 6.42 Å². The van der Waals surface area contributed by atoms with Crippen LogP contribution >= 0.6 is 11.8 Å². The van der Waals surface area contributed by atoms with Gasteiger partial charge in [-0.2, -0.15) is 26.9 Å². The number of alkyl halides is 5. The third-order valence-electron chi connectivity index (χ3n) is 2.64. The Morgan fingerprint density at radius 3 is 2.58 bits per heavy atom. The summed E-state index contributed by atoms with van der Waals surface area (Å²) in [5.41, 5.74) is -4.26. The summed E-state index contributed by atoms with van der Waals surface area (Å²) in [6.45, 7) is -2.95. The van der Waals surface area contributed by atoms with Crippen LogP contribution < -0.4 is 14.2 Å². The van der Waals surface area contributed by atoms with Crippen LogP contribution in [0.4, 0.5) is 22.0 Å².